The van der Waals surface area contributed by atoms with Crippen LogP contribution in [0.1, 0.15) is 6.42 Å². The predicted molar refractivity (Wildman–Crippen MR) is 108 cm³/mol. The van der Waals surface area contributed by atoms with Gasteiger partial charge in [-0.25, -0.2) is 8.42 Å². The molecule has 0 spiro atoms. The number of carbonyl (C=O) groups is 2. The van der Waals surface area contributed by atoms with Crippen LogP contribution in [-0.4, -0.2) is 76.8 Å². The van der Waals surface area contributed by atoms with Crippen LogP contribution in [0.15, 0.2) is 18.2 Å². The maximum absolute atomic E-state index is 12.5. The number of sulfonamides is 1. The molecule has 1 aromatic rings. The highest BCUT2D eigenvalue weighted by Crippen LogP contribution is 2.35. The Bertz CT molecular complexity index is 872. The molecule has 2 aliphatic rings. The molecule has 0 bridgehead atoms. The van der Waals surface area contributed by atoms with E-state index in [1.807, 2.05) is 0 Å². The van der Waals surface area contributed by atoms with Crippen LogP contribution in [0.3, 0.4) is 0 Å². The summed E-state index contributed by atoms with van der Waals surface area (Å²) in [7, 11) is -1.96. The topological polar surface area (TPSA) is 105 Å². The molecule has 2 aliphatic heterocycles. The Morgan fingerprint density at radius 3 is 2.76 bits per heavy atom. The lowest BCUT2D eigenvalue weighted by Gasteiger charge is -2.26. The average molecular weight is 446 g/mol. The van der Waals surface area contributed by atoms with Gasteiger partial charge in [-0.2, -0.15) is 4.31 Å². The van der Waals surface area contributed by atoms with Gasteiger partial charge in [-0.15, -0.1) is 0 Å². The Balaban J connectivity index is 1.56. The van der Waals surface area contributed by atoms with Crippen LogP contribution in [0.2, 0.25) is 5.02 Å². The zero-order valence-corrected chi connectivity index (χ0v) is 17.7. The summed E-state index contributed by atoms with van der Waals surface area (Å²) in [6.45, 7) is 1.56. The summed E-state index contributed by atoms with van der Waals surface area (Å²) in [6.07, 6.45) is 0.0394. The molecule has 29 heavy (non-hydrogen) atoms. The van der Waals surface area contributed by atoms with Gasteiger partial charge in [-0.05, 0) is 18.2 Å². The van der Waals surface area contributed by atoms with Gasteiger partial charge in [0.05, 0.1) is 37.7 Å². The molecular weight excluding hydrogens is 422 g/mol. The number of methoxy groups -OCH3 is 1. The monoisotopic (exact) mass is 445 g/mol. The first-order chi connectivity index (χ1) is 13.8. The third kappa shape index (κ3) is 5.19. The molecule has 1 atom stereocenters. The Morgan fingerprint density at radius 2 is 2.07 bits per heavy atom. The number of ether oxygens (including phenoxy) is 2. The molecule has 1 unspecified atom stereocenters. The second kappa shape index (κ2) is 9.29. The number of rotatable bonds is 7. The van der Waals surface area contributed by atoms with E-state index in [0.29, 0.717) is 42.8 Å². The van der Waals surface area contributed by atoms with E-state index in [2.05, 4.69) is 5.32 Å². The van der Waals surface area contributed by atoms with E-state index in [9.17, 15) is 18.0 Å². The van der Waals surface area contributed by atoms with Gasteiger partial charge < -0.3 is 19.7 Å². The van der Waals surface area contributed by atoms with Crippen molar-refractivity contribution < 1.29 is 27.5 Å². The van der Waals surface area contributed by atoms with Crippen LogP contribution < -0.4 is 15.0 Å². The molecule has 2 heterocycles. The first-order valence-electron chi connectivity index (χ1n) is 9.29. The summed E-state index contributed by atoms with van der Waals surface area (Å²) >= 11 is 6.03. The van der Waals surface area contributed by atoms with Crippen molar-refractivity contribution >= 4 is 39.1 Å². The fraction of sp³-hybridized carbons (Fsp3) is 0.556. The van der Waals surface area contributed by atoms with Gasteiger partial charge in [0.25, 0.3) is 0 Å². The summed E-state index contributed by atoms with van der Waals surface area (Å²) < 4.78 is 36.4. The predicted octanol–water partition coefficient (Wildman–Crippen LogP) is 0.480. The van der Waals surface area contributed by atoms with Crippen molar-refractivity contribution in [1.29, 1.82) is 0 Å². The summed E-state index contributed by atoms with van der Waals surface area (Å²) in [5, 5.41) is 3.09. The first kappa shape index (κ1) is 21.8. The number of hydrogen-bond acceptors (Lipinski definition) is 6. The Hall–Kier alpha value is -1.88. The van der Waals surface area contributed by atoms with Crippen LogP contribution in [0, 0.1) is 5.92 Å². The number of nitrogens with one attached hydrogen (secondary N) is 1. The van der Waals surface area contributed by atoms with Crippen molar-refractivity contribution in [2.75, 3.05) is 57.2 Å². The van der Waals surface area contributed by atoms with Crippen molar-refractivity contribution in [3.05, 3.63) is 23.2 Å². The SMILES string of the molecule is COc1ccc(Cl)cc1N1CC(C(=O)NCCS(=O)(=O)N2CCOCC2)CC1=O. The molecular formula is C18H24ClN3O6S. The largest absolute Gasteiger partial charge is 0.495 e. The van der Waals surface area contributed by atoms with Crippen LogP contribution >= 0.6 is 11.6 Å². The van der Waals surface area contributed by atoms with Crippen LogP contribution in [0.4, 0.5) is 5.69 Å². The third-order valence-corrected chi connectivity index (χ3v) is 7.06. The van der Waals surface area contributed by atoms with Crippen LogP contribution in [0.25, 0.3) is 0 Å². The van der Waals surface area contributed by atoms with Gasteiger partial charge in [-0.1, -0.05) is 11.6 Å². The molecule has 0 aliphatic carbocycles. The fourth-order valence-electron chi connectivity index (χ4n) is 3.39. The summed E-state index contributed by atoms with van der Waals surface area (Å²) in [6, 6.07) is 4.94. The number of anilines is 1. The molecule has 3 rings (SSSR count). The van der Waals surface area contributed by atoms with E-state index in [1.165, 1.54) is 16.3 Å². The van der Waals surface area contributed by atoms with Gasteiger partial charge in [0, 0.05) is 37.6 Å². The minimum absolute atomic E-state index is 0.0102. The number of hydrogen-bond donors (Lipinski definition) is 1. The minimum Gasteiger partial charge on any atom is -0.495 e. The molecule has 0 saturated carbocycles. The van der Waals surface area contributed by atoms with Crippen LogP contribution in [-0.2, 0) is 24.3 Å². The maximum Gasteiger partial charge on any atom is 0.227 e. The van der Waals surface area contributed by atoms with Crippen molar-refractivity contribution in [2.45, 2.75) is 6.42 Å². The normalized spacial score (nSPS) is 20.7. The summed E-state index contributed by atoms with van der Waals surface area (Å²) in [5.74, 6) is -0.839. The Morgan fingerprint density at radius 1 is 1.34 bits per heavy atom. The Kier molecular flexibility index (Phi) is 6.99. The van der Waals surface area contributed by atoms with Crippen molar-refractivity contribution in [2.24, 2.45) is 5.92 Å². The molecule has 2 saturated heterocycles. The van der Waals surface area contributed by atoms with E-state index >= 15 is 0 Å². The van der Waals surface area contributed by atoms with E-state index in [1.54, 1.807) is 18.2 Å². The van der Waals surface area contributed by atoms with E-state index in [-0.39, 0.29) is 37.1 Å². The number of carbonyl (C=O) groups excluding carboxylic acids is 2. The first-order valence-corrected chi connectivity index (χ1v) is 11.3. The number of morpholine rings is 1. The quantitative estimate of drug-likeness (QED) is 0.654. The summed E-state index contributed by atoms with van der Waals surface area (Å²) in [5.41, 5.74) is 0.509. The lowest BCUT2D eigenvalue weighted by atomic mass is 10.1. The molecule has 0 aromatic heterocycles. The van der Waals surface area contributed by atoms with Crippen molar-refractivity contribution in [3.63, 3.8) is 0 Å². The molecule has 11 heteroatoms. The zero-order valence-electron chi connectivity index (χ0n) is 16.1. The second-order valence-corrected chi connectivity index (χ2v) is 9.36. The Labute approximate surface area is 174 Å². The number of benzene rings is 1. The van der Waals surface area contributed by atoms with Gasteiger partial charge in [-0.3, -0.25) is 9.59 Å². The highest BCUT2D eigenvalue weighted by Gasteiger charge is 2.36. The van der Waals surface area contributed by atoms with Crippen LogP contribution in [0.5, 0.6) is 5.75 Å². The van der Waals surface area contributed by atoms with E-state index in [0.717, 1.165) is 0 Å². The van der Waals surface area contributed by atoms with Crippen molar-refractivity contribution in [1.82, 2.24) is 9.62 Å². The van der Waals surface area contributed by atoms with Crippen molar-refractivity contribution in [3.8, 4) is 5.75 Å². The maximum atomic E-state index is 12.5. The van der Waals surface area contributed by atoms with Gasteiger partial charge in [0.1, 0.15) is 5.75 Å². The molecule has 1 N–H and O–H groups in total. The molecule has 160 valence electrons. The minimum atomic E-state index is -3.45. The molecule has 2 fully saturated rings. The highest BCUT2D eigenvalue weighted by molar-refractivity contribution is 7.89. The lowest BCUT2D eigenvalue weighted by Crippen LogP contribution is -2.44. The molecule has 2 amide bonds. The molecule has 1 aromatic carbocycles. The lowest BCUT2D eigenvalue weighted by molar-refractivity contribution is -0.126. The van der Waals surface area contributed by atoms with E-state index in [4.69, 9.17) is 21.1 Å². The van der Waals surface area contributed by atoms with Gasteiger partial charge in [0.15, 0.2) is 0 Å². The van der Waals surface area contributed by atoms with E-state index < -0.39 is 15.9 Å². The van der Waals surface area contributed by atoms with Gasteiger partial charge >= 0.3 is 0 Å². The fourth-order valence-corrected chi connectivity index (χ4v) is 4.88. The third-order valence-electron chi connectivity index (χ3n) is 4.95. The van der Waals surface area contributed by atoms with Gasteiger partial charge in [0.2, 0.25) is 21.8 Å². The molecule has 9 nitrogen and oxygen atoms in total. The summed E-state index contributed by atoms with van der Waals surface area (Å²) in [4.78, 5) is 26.4. The average Bonchev–Trinajstić information content (AvgIpc) is 3.10. The number of nitrogens with zero attached hydrogens (tertiary/aromatic N) is 2. The standard InChI is InChI=1S/C18H24ClN3O6S/c1-27-16-3-2-14(19)11-15(16)22-12-13(10-17(22)23)18(24)20-4-9-29(25,26)21-5-7-28-8-6-21/h2-3,11,13H,4-10,12H2,1H3,(H,20,24). The smallest absolute Gasteiger partial charge is 0.227 e. The molecule has 0 radical (unpaired) electrons. The number of halogens is 1. The number of amides is 2. The zero-order chi connectivity index (χ0) is 21.0. The highest BCUT2D eigenvalue weighted by atomic mass is 35.5. The second-order valence-electron chi connectivity index (χ2n) is 6.84.